The van der Waals surface area contributed by atoms with Gasteiger partial charge in [-0.2, -0.15) is 0 Å². The van der Waals surface area contributed by atoms with E-state index in [4.69, 9.17) is 11.6 Å². The number of hydrogen-bond acceptors (Lipinski definition) is 4. The van der Waals surface area contributed by atoms with Crippen LogP contribution in [0.1, 0.15) is 19.8 Å². The van der Waals surface area contributed by atoms with E-state index in [0.717, 1.165) is 19.5 Å². The summed E-state index contributed by atoms with van der Waals surface area (Å²) in [6.07, 6.45) is 3.87. The van der Waals surface area contributed by atoms with Crippen molar-refractivity contribution in [3.63, 3.8) is 0 Å². The molecule has 7 heteroatoms. The van der Waals surface area contributed by atoms with Crippen molar-refractivity contribution < 1.29 is 4.79 Å². The van der Waals surface area contributed by atoms with Crippen LogP contribution in [0.5, 0.6) is 0 Å². The Labute approximate surface area is 162 Å². The summed E-state index contributed by atoms with van der Waals surface area (Å²) in [5.41, 5.74) is 0.417. The number of nitrogens with zero attached hydrogens (tertiary/aromatic N) is 3. The van der Waals surface area contributed by atoms with Crippen molar-refractivity contribution in [3.05, 3.63) is 46.2 Å². The molecule has 0 bridgehead atoms. The zero-order valence-corrected chi connectivity index (χ0v) is 16.4. The summed E-state index contributed by atoms with van der Waals surface area (Å²) >= 11 is 7.31. The van der Waals surface area contributed by atoms with Crippen molar-refractivity contribution in [1.82, 2.24) is 14.5 Å². The van der Waals surface area contributed by atoms with E-state index in [1.54, 1.807) is 28.8 Å². The maximum Gasteiger partial charge on any atom is 0.262 e. The molecule has 1 aliphatic heterocycles. The monoisotopic (exact) mass is 391 g/mol. The lowest BCUT2D eigenvalue weighted by molar-refractivity contribution is -0.130. The highest BCUT2D eigenvalue weighted by Gasteiger charge is 2.21. The summed E-state index contributed by atoms with van der Waals surface area (Å²) in [7, 11) is 0. The zero-order chi connectivity index (χ0) is 18.7. The second-order valence-corrected chi connectivity index (χ2v) is 8.02. The number of carbonyl (C=O) groups is 1. The summed E-state index contributed by atoms with van der Waals surface area (Å²) < 4.78 is 1.54. The topological polar surface area (TPSA) is 55.2 Å². The van der Waals surface area contributed by atoms with Crippen molar-refractivity contribution in [1.29, 1.82) is 0 Å². The van der Waals surface area contributed by atoms with Crippen LogP contribution in [0, 0.1) is 5.92 Å². The molecule has 1 aromatic carbocycles. The van der Waals surface area contributed by atoms with Crippen LogP contribution in [-0.4, -0.2) is 39.2 Å². The third kappa shape index (κ3) is 4.13. The zero-order valence-electron chi connectivity index (χ0n) is 14.8. The lowest BCUT2D eigenvalue weighted by Crippen LogP contribution is -2.40. The molecular formula is C19H22ClN3O2S. The molecule has 0 unspecified atom stereocenters. The molecule has 138 valence electrons. The maximum absolute atomic E-state index is 12.8. The summed E-state index contributed by atoms with van der Waals surface area (Å²) in [6, 6.07) is 5.07. The predicted molar refractivity (Wildman–Crippen MR) is 107 cm³/mol. The van der Waals surface area contributed by atoms with Crippen molar-refractivity contribution in [2.24, 2.45) is 5.92 Å². The molecule has 1 atom stereocenters. The molecule has 1 aliphatic rings. The van der Waals surface area contributed by atoms with Crippen LogP contribution in [-0.2, 0) is 11.3 Å². The van der Waals surface area contributed by atoms with Crippen LogP contribution in [0.15, 0.2) is 40.8 Å². The minimum absolute atomic E-state index is 0.0946. The second kappa shape index (κ2) is 8.27. The molecule has 1 aromatic heterocycles. The number of hydrogen-bond donors (Lipinski definition) is 0. The van der Waals surface area contributed by atoms with Gasteiger partial charge >= 0.3 is 0 Å². The average Bonchev–Trinajstić information content (AvgIpc) is 2.63. The summed E-state index contributed by atoms with van der Waals surface area (Å²) in [5.74, 6) is 0.910. The Kier molecular flexibility index (Phi) is 6.04. The predicted octanol–water partition coefficient (Wildman–Crippen LogP) is 3.59. The van der Waals surface area contributed by atoms with E-state index in [9.17, 15) is 9.59 Å². The van der Waals surface area contributed by atoms with Gasteiger partial charge in [0.25, 0.3) is 5.56 Å². The quantitative estimate of drug-likeness (QED) is 0.444. The first kappa shape index (κ1) is 19.0. The van der Waals surface area contributed by atoms with E-state index in [1.165, 1.54) is 18.2 Å². The van der Waals surface area contributed by atoms with Gasteiger partial charge in [-0.25, -0.2) is 4.98 Å². The Bertz CT molecular complexity index is 896. The SMILES string of the molecule is C=CCn1c(SCC(=O)N2CCC[C@H](C)C2)nc2ccc(Cl)cc2c1=O. The van der Waals surface area contributed by atoms with Crippen molar-refractivity contribution in [3.8, 4) is 0 Å². The van der Waals surface area contributed by atoms with E-state index in [0.29, 0.717) is 33.5 Å². The smallest absolute Gasteiger partial charge is 0.262 e. The van der Waals surface area contributed by atoms with Crippen molar-refractivity contribution in [2.75, 3.05) is 18.8 Å². The summed E-state index contributed by atoms with van der Waals surface area (Å²) in [5, 5.41) is 1.50. The molecule has 2 heterocycles. The molecule has 0 saturated carbocycles. The summed E-state index contributed by atoms with van der Waals surface area (Å²) in [6.45, 7) is 7.85. The number of thioether (sulfide) groups is 1. The first-order chi connectivity index (χ1) is 12.5. The molecule has 0 spiro atoms. The first-order valence-electron chi connectivity index (χ1n) is 8.71. The molecule has 2 aromatic rings. The van der Waals surface area contributed by atoms with Crippen molar-refractivity contribution in [2.45, 2.75) is 31.5 Å². The Hall–Kier alpha value is -1.79. The maximum atomic E-state index is 12.8. The number of benzene rings is 1. The minimum atomic E-state index is -0.168. The van der Waals surface area contributed by atoms with Gasteiger partial charge < -0.3 is 4.90 Å². The van der Waals surface area contributed by atoms with Crippen molar-refractivity contribution >= 4 is 40.2 Å². The molecule has 1 saturated heterocycles. The highest BCUT2D eigenvalue weighted by molar-refractivity contribution is 7.99. The Morgan fingerprint density at radius 1 is 1.50 bits per heavy atom. The Balaban J connectivity index is 1.85. The van der Waals surface area contributed by atoms with E-state index in [2.05, 4.69) is 18.5 Å². The fourth-order valence-corrected chi connectivity index (χ4v) is 4.29. The number of piperidine rings is 1. The van der Waals surface area contributed by atoms with Gasteiger partial charge in [0.05, 0.1) is 16.7 Å². The van der Waals surface area contributed by atoms with Gasteiger partial charge in [0.2, 0.25) is 5.91 Å². The number of likely N-dealkylation sites (tertiary alicyclic amines) is 1. The van der Waals surface area contributed by atoms with Crippen LogP contribution < -0.4 is 5.56 Å². The first-order valence-corrected chi connectivity index (χ1v) is 10.1. The highest BCUT2D eigenvalue weighted by atomic mass is 35.5. The standard InChI is InChI=1S/C19H22ClN3O2S/c1-3-8-23-18(25)15-10-14(20)6-7-16(15)21-19(23)26-12-17(24)22-9-4-5-13(2)11-22/h3,6-7,10,13H,1,4-5,8-9,11-12H2,2H3/t13-/m0/s1. The fraction of sp³-hybridized carbons (Fsp3) is 0.421. The molecule has 5 nitrogen and oxygen atoms in total. The van der Waals surface area contributed by atoms with E-state index in [1.807, 2.05) is 4.90 Å². The minimum Gasteiger partial charge on any atom is -0.342 e. The number of halogens is 1. The van der Waals surface area contributed by atoms with Crippen LogP contribution in [0.4, 0.5) is 0 Å². The molecular weight excluding hydrogens is 370 g/mol. The van der Waals surface area contributed by atoms with Gasteiger partial charge in [0, 0.05) is 24.7 Å². The number of rotatable bonds is 5. The van der Waals surface area contributed by atoms with Crippen LogP contribution in [0.25, 0.3) is 10.9 Å². The van der Waals surface area contributed by atoms with E-state index in [-0.39, 0.29) is 17.2 Å². The molecule has 0 radical (unpaired) electrons. The molecule has 1 amide bonds. The molecule has 3 rings (SSSR count). The normalized spacial score (nSPS) is 17.5. The van der Waals surface area contributed by atoms with Gasteiger partial charge in [-0.05, 0) is 37.0 Å². The van der Waals surface area contributed by atoms with E-state index < -0.39 is 0 Å². The van der Waals surface area contributed by atoms with Crippen LogP contribution >= 0.6 is 23.4 Å². The van der Waals surface area contributed by atoms with Gasteiger partial charge in [-0.3, -0.25) is 14.2 Å². The van der Waals surface area contributed by atoms with Gasteiger partial charge in [-0.15, -0.1) is 6.58 Å². The van der Waals surface area contributed by atoms with E-state index >= 15 is 0 Å². The second-order valence-electron chi connectivity index (χ2n) is 6.64. The molecule has 0 N–H and O–H groups in total. The van der Waals surface area contributed by atoms with Crippen LogP contribution in [0.3, 0.4) is 0 Å². The Morgan fingerprint density at radius 3 is 3.04 bits per heavy atom. The number of carbonyl (C=O) groups excluding carboxylic acids is 1. The number of aromatic nitrogens is 2. The van der Waals surface area contributed by atoms with Gasteiger partial charge in [0.1, 0.15) is 0 Å². The molecule has 26 heavy (non-hydrogen) atoms. The van der Waals surface area contributed by atoms with Gasteiger partial charge in [0.15, 0.2) is 5.16 Å². The number of amides is 1. The third-order valence-electron chi connectivity index (χ3n) is 4.53. The summed E-state index contributed by atoms with van der Waals surface area (Å²) in [4.78, 5) is 31.8. The largest absolute Gasteiger partial charge is 0.342 e. The molecule has 0 aliphatic carbocycles. The lowest BCUT2D eigenvalue weighted by Gasteiger charge is -2.30. The Morgan fingerprint density at radius 2 is 2.31 bits per heavy atom. The highest BCUT2D eigenvalue weighted by Crippen LogP contribution is 2.22. The lowest BCUT2D eigenvalue weighted by atomic mass is 10.0. The number of fused-ring (bicyclic) bond motifs is 1. The average molecular weight is 392 g/mol. The molecule has 1 fully saturated rings. The van der Waals surface area contributed by atoms with Crippen LogP contribution in [0.2, 0.25) is 5.02 Å². The third-order valence-corrected chi connectivity index (χ3v) is 5.72. The fourth-order valence-electron chi connectivity index (χ4n) is 3.21. The number of allylic oxidation sites excluding steroid dienone is 1. The van der Waals surface area contributed by atoms with Gasteiger partial charge in [-0.1, -0.05) is 36.4 Å².